The van der Waals surface area contributed by atoms with Crippen molar-refractivity contribution in [1.82, 2.24) is 20.2 Å². The van der Waals surface area contributed by atoms with E-state index in [1.165, 1.54) is 6.07 Å². The van der Waals surface area contributed by atoms with E-state index in [0.29, 0.717) is 33.7 Å². The lowest BCUT2D eigenvalue weighted by Gasteiger charge is -2.08. The third-order valence-corrected chi connectivity index (χ3v) is 5.41. The third kappa shape index (κ3) is 5.20. The number of ether oxygens (including phenoxy) is 1. The Labute approximate surface area is 209 Å². The normalized spacial score (nSPS) is 10.7. The number of carbonyl (C=O) groups is 2. The van der Waals surface area contributed by atoms with Crippen LogP contribution in [0.3, 0.4) is 0 Å². The molecule has 0 radical (unpaired) electrons. The Kier molecular flexibility index (Phi) is 6.41. The van der Waals surface area contributed by atoms with Crippen LogP contribution in [0.2, 0.25) is 0 Å². The van der Waals surface area contributed by atoms with Gasteiger partial charge in [0.15, 0.2) is 0 Å². The first kappa shape index (κ1) is 23.4. The molecule has 37 heavy (non-hydrogen) atoms. The van der Waals surface area contributed by atoms with Crippen molar-refractivity contribution < 1.29 is 18.7 Å². The SMILES string of the molecule is COc1ccc(NC(=O)Cn2nnc(-c3ccccc3NC(=O)c3cc4ccccc4oc3=O)n2)cc1. The second-order valence-corrected chi connectivity index (χ2v) is 7.91. The molecule has 0 aliphatic heterocycles. The van der Waals surface area contributed by atoms with Gasteiger partial charge in [0, 0.05) is 16.6 Å². The summed E-state index contributed by atoms with van der Waals surface area (Å²) in [6, 6.07) is 22.1. The van der Waals surface area contributed by atoms with E-state index >= 15 is 0 Å². The van der Waals surface area contributed by atoms with E-state index in [-0.39, 0.29) is 23.8 Å². The standard InChI is InChI=1S/C26H20N6O5/c1-36-18-12-10-17(11-13-18)27-23(33)15-32-30-24(29-31-32)19-7-3-4-8-21(19)28-25(34)20-14-16-6-2-5-9-22(16)37-26(20)35/h2-14H,15H2,1H3,(H,27,33)(H,28,34). The summed E-state index contributed by atoms with van der Waals surface area (Å²) in [5.74, 6) is -0.122. The Hall–Kier alpha value is -5.32. The quantitative estimate of drug-likeness (QED) is 0.327. The summed E-state index contributed by atoms with van der Waals surface area (Å²) < 4.78 is 10.4. The molecule has 2 N–H and O–H groups in total. The van der Waals surface area contributed by atoms with Crippen LogP contribution in [0.5, 0.6) is 5.75 Å². The molecule has 0 spiro atoms. The number of hydrogen-bond acceptors (Lipinski definition) is 8. The van der Waals surface area contributed by atoms with Crippen LogP contribution >= 0.6 is 0 Å². The summed E-state index contributed by atoms with van der Waals surface area (Å²) in [7, 11) is 1.56. The number of nitrogens with zero attached hydrogens (tertiary/aromatic N) is 4. The molecule has 11 heteroatoms. The number of methoxy groups -OCH3 is 1. The van der Waals surface area contributed by atoms with Gasteiger partial charge in [0.25, 0.3) is 5.91 Å². The molecule has 0 fully saturated rings. The van der Waals surface area contributed by atoms with Crippen LogP contribution in [0.15, 0.2) is 88.1 Å². The maximum atomic E-state index is 12.9. The zero-order valence-electron chi connectivity index (χ0n) is 19.5. The highest BCUT2D eigenvalue weighted by Crippen LogP contribution is 2.25. The van der Waals surface area contributed by atoms with Gasteiger partial charge in [0.1, 0.15) is 23.4 Å². The van der Waals surface area contributed by atoms with Crippen molar-refractivity contribution in [3.8, 4) is 17.1 Å². The largest absolute Gasteiger partial charge is 0.497 e. The second-order valence-electron chi connectivity index (χ2n) is 7.91. The fourth-order valence-electron chi connectivity index (χ4n) is 3.62. The Bertz CT molecular complexity index is 1660. The van der Waals surface area contributed by atoms with Crippen molar-refractivity contribution in [3.63, 3.8) is 0 Å². The fraction of sp³-hybridized carbons (Fsp3) is 0.0769. The first-order chi connectivity index (χ1) is 18.0. The maximum Gasteiger partial charge on any atom is 0.349 e. The number of benzene rings is 3. The number of aromatic nitrogens is 4. The number of nitrogens with one attached hydrogen (secondary N) is 2. The summed E-state index contributed by atoms with van der Waals surface area (Å²) >= 11 is 0. The number of anilines is 2. The number of amides is 2. The molecule has 0 saturated heterocycles. The molecule has 3 aromatic carbocycles. The smallest absolute Gasteiger partial charge is 0.349 e. The molecule has 0 bridgehead atoms. The molecule has 0 aliphatic carbocycles. The van der Waals surface area contributed by atoms with Crippen LogP contribution in [0.4, 0.5) is 11.4 Å². The van der Waals surface area contributed by atoms with Crippen LogP contribution in [0.1, 0.15) is 10.4 Å². The van der Waals surface area contributed by atoms with E-state index in [1.54, 1.807) is 79.9 Å². The van der Waals surface area contributed by atoms with Gasteiger partial charge in [-0.3, -0.25) is 9.59 Å². The Balaban J connectivity index is 1.32. The zero-order chi connectivity index (χ0) is 25.8. The predicted octanol–water partition coefficient (Wildman–Crippen LogP) is 3.35. The first-order valence-corrected chi connectivity index (χ1v) is 11.2. The molecular weight excluding hydrogens is 476 g/mol. The number of tetrazole rings is 1. The highest BCUT2D eigenvalue weighted by Gasteiger charge is 2.18. The molecule has 0 saturated carbocycles. The minimum Gasteiger partial charge on any atom is -0.497 e. The highest BCUT2D eigenvalue weighted by atomic mass is 16.5. The van der Waals surface area contributed by atoms with Crippen LogP contribution in [-0.2, 0) is 11.3 Å². The van der Waals surface area contributed by atoms with E-state index in [4.69, 9.17) is 9.15 Å². The maximum absolute atomic E-state index is 12.9. The van der Waals surface area contributed by atoms with Gasteiger partial charge >= 0.3 is 5.63 Å². The molecule has 5 rings (SSSR count). The van der Waals surface area contributed by atoms with Crippen LogP contribution in [0.25, 0.3) is 22.4 Å². The molecule has 0 atom stereocenters. The van der Waals surface area contributed by atoms with Gasteiger partial charge in [-0.15, -0.1) is 10.2 Å². The predicted molar refractivity (Wildman–Crippen MR) is 135 cm³/mol. The summed E-state index contributed by atoms with van der Waals surface area (Å²) in [5.41, 5.74) is 0.921. The molecule has 5 aromatic rings. The average molecular weight is 496 g/mol. The van der Waals surface area contributed by atoms with E-state index in [1.807, 2.05) is 0 Å². The van der Waals surface area contributed by atoms with Gasteiger partial charge in [-0.25, -0.2) is 4.79 Å². The first-order valence-electron chi connectivity index (χ1n) is 11.2. The lowest BCUT2D eigenvalue weighted by molar-refractivity contribution is -0.117. The fourth-order valence-corrected chi connectivity index (χ4v) is 3.62. The number of para-hydroxylation sites is 2. The number of rotatable bonds is 7. The lowest BCUT2D eigenvalue weighted by Crippen LogP contribution is -2.21. The van der Waals surface area contributed by atoms with Gasteiger partial charge in [0.2, 0.25) is 11.7 Å². The zero-order valence-corrected chi connectivity index (χ0v) is 19.5. The molecule has 0 aliphatic rings. The van der Waals surface area contributed by atoms with E-state index in [2.05, 4.69) is 26.0 Å². The molecular formula is C26H20N6O5. The third-order valence-electron chi connectivity index (χ3n) is 5.41. The number of carbonyl (C=O) groups excluding carboxylic acids is 2. The molecule has 184 valence electrons. The summed E-state index contributed by atoms with van der Waals surface area (Å²) in [6.07, 6.45) is 0. The van der Waals surface area contributed by atoms with Gasteiger partial charge in [-0.2, -0.15) is 4.80 Å². The van der Waals surface area contributed by atoms with Crippen LogP contribution in [0, 0.1) is 0 Å². The van der Waals surface area contributed by atoms with Gasteiger partial charge < -0.3 is 19.8 Å². The number of hydrogen-bond donors (Lipinski definition) is 2. The molecule has 2 amide bonds. The molecule has 0 unspecified atom stereocenters. The van der Waals surface area contributed by atoms with Crippen molar-refractivity contribution in [2.45, 2.75) is 6.54 Å². The monoisotopic (exact) mass is 496 g/mol. The van der Waals surface area contributed by atoms with Gasteiger partial charge in [-0.05, 0) is 53.7 Å². The summed E-state index contributed by atoms with van der Waals surface area (Å²) in [6.45, 7) is -0.175. The van der Waals surface area contributed by atoms with Crippen LogP contribution in [-0.4, -0.2) is 39.1 Å². The van der Waals surface area contributed by atoms with Gasteiger partial charge in [-0.1, -0.05) is 30.3 Å². The average Bonchev–Trinajstić information content (AvgIpc) is 3.37. The van der Waals surface area contributed by atoms with Crippen molar-refractivity contribution in [2.24, 2.45) is 0 Å². The minimum absolute atomic E-state index is 0.139. The minimum atomic E-state index is -0.749. The molecule has 2 heterocycles. The van der Waals surface area contributed by atoms with Crippen molar-refractivity contribution >= 4 is 34.2 Å². The number of fused-ring (bicyclic) bond motifs is 1. The summed E-state index contributed by atoms with van der Waals surface area (Å²) in [5, 5.41) is 18.3. The summed E-state index contributed by atoms with van der Waals surface area (Å²) in [4.78, 5) is 38.9. The van der Waals surface area contributed by atoms with Crippen molar-refractivity contribution in [3.05, 3.63) is 94.8 Å². The molecule has 2 aromatic heterocycles. The Morgan fingerprint density at radius 1 is 0.973 bits per heavy atom. The van der Waals surface area contributed by atoms with Crippen molar-refractivity contribution in [1.29, 1.82) is 0 Å². The molecule has 11 nitrogen and oxygen atoms in total. The van der Waals surface area contributed by atoms with Crippen LogP contribution < -0.4 is 21.0 Å². The Morgan fingerprint density at radius 3 is 2.54 bits per heavy atom. The van der Waals surface area contributed by atoms with E-state index in [9.17, 15) is 14.4 Å². The highest BCUT2D eigenvalue weighted by molar-refractivity contribution is 6.07. The Morgan fingerprint density at radius 2 is 1.73 bits per heavy atom. The lowest BCUT2D eigenvalue weighted by atomic mass is 10.1. The van der Waals surface area contributed by atoms with E-state index < -0.39 is 11.5 Å². The van der Waals surface area contributed by atoms with E-state index in [0.717, 1.165) is 4.80 Å². The second kappa shape index (κ2) is 10.1. The van der Waals surface area contributed by atoms with Crippen molar-refractivity contribution in [2.75, 3.05) is 17.7 Å². The van der Waals surface area contributed by atoms with Gasteiger partial charge in [0.05, 0.1) is 12.8 Å². The topological polar surface area (TPSA) is 141 Å².